The van der Waals surface area contributed by atoms with Crippen LogP contribution in [0.1, 0.15) is 43.2 Å². The van der Waals surface area contributed by atoms with Gasteiger partial charge in [-0.1, -0.05) is 24.3 Å². The number of hydrogen-bond donors (Lipinski definition) is 4. The average molecular weight is 551 g/mol. The van der Waals surface area contributed by atoms with Crippen molar-refractivity contribution in [3.63, 3.8) is 0 Å². The van der Waals surface area contributed by atoms with Gasteiger partial charge in [0.2, 0.25) is 11.2 Å². The Morgan fingerprint density at radius 3 is 2.16 bits per heavy atom. The number of nitrogens with two attached hydrogens (primary N) is 1. The molecule has 192 valence electrons. The molecule has 0 amide bonds. The molecule has 11 nitrogen and oxygen atoms in total. The van der Waals surface area contributed by atoms with Gasteiger partial charge in [-0.05, 0) is 55.3 Å². The highest BCUT2D eigenvalue weighted by atomic mass is 35.5. The molecular formula is C25H19ClN6O5S. The van der Waals surface area contributed by atoms with Gasteiger partial charge in [-0.15, -0.1) is 0 Å². The van der Waals surface area contributed by atoms with E-state index in [1.807, 2.05) is 0 Å². The predicted octanol–water partition coefficient (Wildman–Crippen LogP) is 4.23. The first-order valence-electron chi connectivity index (χ1n) is 11.1. The molecule has 0 unspecified atom stereocenters. The Morgan fingerprint density at radius 1 is 0.868 bits per heavy atom. The summed E-state index contributed by atoms with van der Waals surface area (Å²) in [7, 11) is -4.65. The molecular weight excluding hydrogens is 532 g/mol. The van der Waals surface area contributed by atoms with Crippen molar-refractivity contribution in [3.05, 3.63) is 87.5 Å². The lowest BCUT2D eigenvalue weighted by atomic mass is 9.81. The number of aryl methyl sites for hydroxylation is 2. The average Bonchev–Trinajstić information content (AvgIpc) is 2.83. The van der Waals surface area contributed by atoms with Crippen molar-refractivity contribution in [1.29, 1.82) is 0 Å². The number of carbonyl (C=O) groups is 2. The Hall–Kier alpha value is -4.39. The van der Waals surface area contributed by atoms with E-state index in [-0.39, 0.29) is 62.3 Å². The SMILES string of the molecule is Cc1nc(Cl)nc(Nc2cc(Nc3cc(C)c(N)c4c3C(=O)c3ccccc3C4=O)ccc2S(=O)(=O)O)n1. The molecule has 0 atom stereocenters. The van der Waals surface area contributed by atoms with Crippen molar-refractivity contribution in [2.24, 2.45) is 0 Å². The number of rotatable bonds is 5. The number of fused-ring (bicyclic) bond motifs is 2. The molecule has 38 heavy (non-hydrogen) atoms. The standard InChI is InChI=1S/C25H19ClN6O5S/c1-11-9-17(19-20(21(11)27)23(34)15-6-4-3-5-14(15)22(19)33)30-13-7-8-18(38(35,36)37)16(10-13)31-25-29-12(2)28-24(26)32-25/h3-10,30H,27H2,1-2H3,(H,35,36,37)(H,28,29,31,32). The number of halogens is 1. The molecule has 5 N–H and O–H groups in total. The molecule has 0 saturated heterocycles. The number of nitrogen functional groups attached to an aromatic ring is 1. The van der Waals surface area contributed by atoms with E-state index in [1.165, 1.54) is 12.1 Å². The van der Waals surface area contributed by atoms with E-state index in [0.29, 0.717) is 16.9 Å². The molecule has 0 aliphatic heterocycles. The molecule has 3 aromatic carbocycles. The molecule has 0 radical (unpaired) electrons. The Kier molecular flexibility index (Phi) is 6.10. The Morgan fingerprint density at radius 2 is 1.53 bits per heavy atom. The van der Waals surface area contributed by atoms with Gasteiger partial charge in [0.1, 0.15) is 10.7 Å². The van der Waals surface area contributed by atoms with Gasteiger partial charge in [0.05, 0.1) is 22.5 Å². The maximum atomic E-state index is 13.5. The van der Waals surface area contributed by atoms with E-state index in [9.17, 15) is 22.6 Å². The molecule has 1 aromatic heterocycles. The van der Waals surface area contributed by atoms with E-state index < -0.39 is 15.0 Å². The smallest absolute Gasteiger partial charge is 0.296 e. The van der Waals surface area contributed by atoms with E-state index >= 15 is 0 Å². The first kappa shape index (κ1) is 25.3. The number of anilines is 5. The zero-order valence-electron chi connectivity index (χ0n) is 19.9. The van der Waals surface area contributed by atoms with Crippen LogP contribution < -0.4 is 16.4 Å². The number of aromatic nitrogens is 3. The van der Waals surface area contributed by atoms with Crippen LogP contribution >= 0.6 is 11.6 Å². The van der Waals surface area contributed by atoms with Crippen molar-refractivity contribution in [1.82, 2.24) is 15.0 Å². The van der Waals surface area contributed by atoms with Crippen LogP contribution in [0.15, 0.2) is 53.4 Å². The van der Waals surface area contributed by atoms with Crippen molar-refractivity contribution in [3.8, 4) is 0 Å². The van der Waals surface area contributed by atoms with Crippen LogP contribution in [0.5, 0.6) is 0 Å². The van der Waals surface area contributed by atoms with Crippen molar-refractivity contribution in [2.75, 3.05) is 16.4 Å². The van der Waals surface area contributed by atoms with Crippen LogP contribution in [0.3, 0.4) is 0 Å². The highest BCUT2D eigenvalue weighted by Crippen LogP contribution is 2.39. The summed E-state index contributed by atoms with van der Waals surface area (Å²) >= 11 is 5.89. The lowest BCUT2D eigenvalue weighted by Gasteiger charge is -2.24. The van der Waals surface area contributed by atoms with Gasteiger partial charge in [-0.2, -0.15) is 18.4 Å². The third kappa shape index (κ3) is 4.45. The predicted molar refractivity (Wildman–Crippen MR) is 141 cm³/mol. The normalized spacial score (nSPS) is 12.6. The topological polar surface area (TPSA) is 177 Å². The molecule has 1 aliphatic rings. The van der Waals surface area contributed by atoms with Crippen molar-refractivity contribution < 1.29 is 22.6 Å². The second-order valence-electron chi connectivity index (χ2n) is 8.52. The summed E-state index contributed by atoms with van der Waals surface area (Å²) in [6.45, 7) is 3.28. The second kappa shape index (κ2) is 9.17. The zero-order chi connectivity index (χ0) is 27.4. The third-order valence-electron chi connectivity index (χ3n) is 5.95. The third-order valence-corrected chi connectivity index (χ3v) is 7.03. The minimum absolute atomic E-state index is 0.0531. The molecule has 0 bridgehead atoms. The van der Waals surface area contributed by atoms with Gasteiger partial charge in [0.25, 0.3) is 10.1 Å². The molecule has 0 saturated carbocycles. The summed E-state index contributed by atoms with van der Waals surface area (Å²) in [6, 6.07) is 12.0. The van der Waals surface area contributed by atoms with Crippen LogP contribution in [-0.4, -0.2) is 39.5 Å². The fraction of sp³-hybridized carbons (Fsp3) is 0.0800. The van der Waals surface area contributed by atoms with Gasteiger partial charge < -0.3 is 16.4 Å². The van der Waals surface area contributed by atoms with Crippen LogP contribution in [0.2, 0.25) is 5.28 Å². The quantitative estimate of drug-likeness (QED) is 0.182. The number of carbonyl (C=O) groups excluding carboxylic acids is 2. The van der Waals surface area contributed by atoms with E-state index in [2.05, 4.69) is 25.6 Å². The minimum Gasteiger partial charge on any atom is -0.398 e. The number of nitrogens with one attached hydrogen (secondary N) is 2. The van der Waals surface area contributed by atoms with Gasteiger partial charge >= 0.3 is 0 Å². The second-order valence-corrected chi connectivity index (χ2v) is 10.2. The van der Waals surface area contributed by atoms with Gasteiger partial charge in [0.15, 0.2) is 11.6 Å². The summed E-state index contributed by atoms with van der Waals surface area (Å²) in [4.78, 5) is 38.2. The lowest BCUT2D eigenvalue weighted by molar-refractivity contribution is 0.0980. The van der Waals surface area contributed by atoms with E-state index in [0.717, 1.165) is 6.07 Å². The van der Waals surface area contributed by atoms with Crippen molar-refractivity contribution >= 4 is 62.0 Å². The summed E-state index contributed by atoms with van der Waals surface area (Å²) < 4.78 is 33.8. The van der Waals surface area contributed by atoms with E-state index in [1.54, 1.807) is 44.2 Å². The Balaban J connectivity index is 1.62. The molecule has 13 heteroatoms. The summed E-state index contributed by atoms with van der Waals surface area (Å²) in [5.41, 5.74) is 8.27. The fourth-order valence-corrected chi connectivity index (χ4v) is 5.09. The van der Waals surface area contributed by atoms with Crippen LogP contribution in [0.25, 0.3) is 0 Å². The molecule has 1 heterocycles. The zero-order valence-corrected chi connectivity index (χ0v) is 21.5. The van der Waals surface area contributed by atoms with Gasteiger partial charge in [-0.25, -0.2) is 4.98 Å². The van der Waals surface area contributed by atoms with Crippen LogP contribution in [0, 0.1) is 13.8 Å². The fourth-order valence-electron chi connectivity index (χ4n) is 4.26. The highest BCUT2D eigenvalue weighted by Gasteiger charge is 2.34. The number of hydrogen-bond acceptors (Lipinski definition) is 10. The largest absolute Gasteiger partial charge is 0.398 e. The maximum absolute atomic E-state index is 13.5. The van der Waals surface area contributed by atoms with Crippen LogP contribution in [0.4, 0.5) is 28.7 Å². The monoisotopic (exact) mass is 550 g/mol. The highest BCUT2D eigenvalue weighted by molar-refractivity contribution is 7.86. The Labute approximate surface area is 221 Å². The summed E-state index contributed by atoms with van der Waals surface area (Å²) in [5.74, 6) is -0.525. The maximum Gasteiger partial charge on any atom is 0.296 e. The Bertz CT molecular complexity index is 1770. The number of benzene rings is 3. The van der Waals surface area contributed by atoms with Gasteiger partial charge in [0, 0.05) is 22.5 Å². The van der Waals surface area contributed by atoms with Crippen molar-refractivity contribution in [2.45, 2.75) is 18.7 Å². The summed E-state index contributed by atoms with van der Waals surface area (Å²) in [6.07, 6.45) is 0. The number of ketones is 2. The molecule has 5 rings (SSSR count). The first-order valence-corrected chi connectivity index (χ1v) is 12.9. The minimum atomic E-state index is -4.65. The summed E-state index contributed by atoms with van der Waals surface area (Å²) in [5, 5.41) is 5.70. The molecule has 4 aromatic rings. The number of nitrogens with zero attached hydrogens (tertiary/aromatic N) is 3. The van der Waals surface area contributed by atoms with Crippen LogP contribution in [-0.2, 0) is 10.1 Å². The first-order chi connectivity index (χ1) is 17.9. The molecule has 0 fully saturated rings. The molecule has 1 aliphatic carbocycles. The van der Waals surface area contributed by atoms with Gasteiger partial charge in [-0.3, -0.25) is 14.1 Å². The molecule has 0 spiro atoms. The lowest BCUT2D eigenvalue weighted by Crippen LogP contribution is -2.24. The van der Waals surface area contributed by atoms with E-state index in [4.69, 9.17) is 17.3 Å².